The van der Waals surface area contributed by atoms with Crippen LogP contribution in [-0.4, -0.2) is 25.0 Å². The molecule has 2 unspecified atom stereocenters. The molecule has 1 saturated carbocycles. The number of hydrogen-bond donors (Lipinski definition) is 2. The minimum atomic E-state index is -0.350. The topological polar surface area (TPSA) is 128 Å². The number of benzene rings is 3. The minimum Gasteiger partial charge on any atom is -0.377 e. The second-order valence-electron chi connectivity index (χ2n) is 10.7. The summed E-state index contributed by atoms with van der Waals surface area (Å²) in [4.78, 5) is 9.07. The van der Waals surface area contributed by atoms with E-state index in [0.717, 1.165) is 46.3 Å². The monoisotopic (exact) mass is 581 g/mol. The molecule has 10 heteroatoms. The van der Waals surface area contributed by atoms with Crippen LogP contribution in [0.15, 0.2) is 78.6 Å². The molecule has 1 fully saturated rings. The van der Waals surface area contributed by atoms with Crippen molar-refractivity contribution in [2.24, 2.45) is 0 Å². The van der Waals surface area contributed by atoms with Crippen LogP contribution in [0.3, 0.4) is 0 Å². The average Bonchev–Trinajstić information content (AvgIpc) is 3.57. The van der Waals surface area contributed by atoms with Crippen LogP contribution in [0.2, 0.25) is 0 Å². The Morgan fingerprint density at radius 2 is 1.84 bits per heavy atom. The number of anilines is 2. The van der Waals surface area contributed by atoms with Gasteiger partial charge in [-0.1, -0.05) is 54.6 Å². The van der Waals surface area contributed by atoms with Crippen LogP contribution >= 0.6 is 11.3 Å². The predicted octanol–water partition coefficient (Wildman–Crippen LogP) is 7.28. The van der Waals surface area contributed by atoms with Gasteiger partial charge in [-0.05, 0) is 48.6 Å². The number of pyridine rings is 1. The molecule has 2 N–H and O–H groups in total. The lowest BCUT2D eigenvalue weighted by molar-refractivity contribution is 0.610. The maximum atomic E-state index is 10.2. The van der Waals surface area contributed by atoms with Crippen molar-refractivity contribution >= 4 is 43.8 Å². The predicted molar refractivity (Wildman–Crippen MR) is 168 cm³/mol. The Hall–Kier alpha value is -5.32. The van der Waals surface area contributed by atoms with Gasteiger partial charge < -0.3 is 10.6 Å². The van der Waals surface area contributed by atoms with Crippen molar-refractivity contribution in [1.29, 1.82) is 10.5 Å². The molecule has 0 aliphatic heterocycles. The van der Waals surface area contributed by atoms with Gasteiger partial charge in [-0.3, -0.25) is 4.98 Å². The Kier molecular flexibility index (Phi) is 6.90. The Morgan fingerprint density at radius 1 is 1.00 bits per heavy atom. The van der Waals surface area contributed by atoms with Crippen LogP contribution in [0, 0.1) is 22.7 Å². The second-order valence-corrected chi connectivity index (χ2v) is 11.5. The molecule has 1 aliphatic carbocycles. The van der Waals surface area contributed by atoms with Gasteiger partial charge in [-0.2, -0.15) is 10.5 Å². The van der Waals surface area contributed by atoms with Crippen LogP contribution < -0.4 is 10.6 Å². The van der Waals surface area contributed by atoms with Crippen LogP contribution in [0.25, 0.3) is 21.1 Å². The van der Waals surface area contributed by atoms with Gasteiger partial charge in [-0.25, -0.2) is 9.67 Å². The second kappa shape index (κ2) is 11.2. The van der Waals surface area contributed by atoms with Crippen molar-refractivity contribution < 1.29 is 0 Å². The number of rotatable bonds is 9. The summed E-state index contributed by atoms with van der Waals surface area (Å²) >= 11 is 1.58. The molecule has 43 heavy (non-hydrogen) atoms. The Bertz CT molecular complexity index is 2030. The van der Waals surface area contributed by atoms with E-state index in [0.29, 0.717) is 39.4 Å². The molecule has 3 heterocycles. The SMILES string of the molecule is CCC(Nc1c(C#N)cnc2c(C#N)cc(NC(c3cn(C4CC4)nn3)c3cccc4ncsc34)cc12)c1ccccc1. The van der Waals surface area contributed by atoms with Crippen LogP contribution in [-0.2, 0) is 0 Å². The summed E-state index contributed by atoms with van der Waals surface area (Å²) in [6.07, 6.45) is 6.56. The van der Waals surface area contributed by atoms with E-state index in [1.807, 2.05) is 58.9 Å². The van der Waals surface area contributed by atoms with Crippen molar-refractivity contribution in [3.8, 4) is 12.1 Å². The molecule has 1 aliphatic rings. The van der Waals surface area contributed by atoms with E-state index >= 15 is 0 Å². The van der Waals surface area contributed by atoms with Gasteiger partial charge >= 0.3 is 0 Å². The highest BCUT2D eigenvalue weighted by Gasteiger charge is 2.28. The third kappa shape index (κ3) is 5.03. The number of nitrogens with zero attached hydrogens (tertiary/aromatic N) is 7. The highest BCUT2D eigenvalue weighted by molar-refractivity contribution is 7.17. The molecule has 0 bridgehead atoms. The molecule has 0 saturated heterocycles. The summed E-state index contributed by atoms with van der Waals surface area (Å²) in [6, 6.07) is 24.6. The highest BCUT2D eigenvalue weighted by Crippen LogP contribution is 2.39. The van der Waals surface area contributed by atoms with E-state index in [1.54, 1.807) is 17.5 Å². The van der Waals surface area contributed by atoms with Crippen molar-refractivity contribution in [2.45, 2.75) is 44.3 Å². The number of hydrogen-bond acceptors (Lipinski definition) is 9. The lowest BCUT2D eigenvalue weighted by atomic mass is 10.00. The van der Waals surface area contributed by atoms with Gasteiger partial charge in [0.1, 0.15) is 17.8 Å². The zero-order valence-electron chi connectivity index (χ0n) is 23.4. The van der Waals surface area contributed by atoms with E-state index in [-0.39, 0.29) is 12.1 Å². The maximum Gasteiger partial charge on any atom is 0.110 e. The van der Waals surface area contributed by atoms with Crippen LogP contribution in [0.5, 0.6) is 0 Å². The lowest BCUT2D eigenvalue weighted by Crippen LogP contribution is -2.14. The standard InChI is InChI=1S/C33H27N9S/c1-2-27(20-7-4-3-5-8-20)39-31-22(16-35)17-36-30-21(15-34)13-23(14-26(30)31)38-32(29-18-42(41-40-29)24-11-12-24)25-9-6-10-28-33(25)43-19-37-28/h3-10,13-14,17-19,24,27,32,38H,2,11-12H2,1H3,(H,36,39). The van der Waals surface area contributed by atoms with Gasteiger partial charge in [0, 0.05) is 17.3 Å². The first-order valence-electron chi connectivity index (χ1n) is 14.3. The number of aromatic nitrogens is 5. The van der Waals surface area contributed by atoms with Crippen LogP contribution in [0.1, 0.15) is 72.3 Å². The molecular formula is C33H27N9S. The number of thiazole rings is 1. The van der Waals surface area contributed by atoms with E-state index in [1.165, 1.54) is 0 Å². The first kappa shape index (κ1) is 26.6. The van der Waals surface area contributed by atoms with Crippen molar-refractivity contribution in [1.82, 2.24) is 25.0 Å². The Labute approximate surface area is 252 Å². The molecule has 7 rings (SSSR count). The highest BCUT2D eigenvalue weighted by atomic mass is 32.1. The zero-order chi connectivity index (χ0) is 29.3. The van der Waals surface area contributed by atoms with E-state index in [9.17, 15) is 10.5 Å². The maximum absolute atomic E-state index is 10.2. The average molecular weight is 582 g/mol. The molecule has 2 atom stereocenters. The molecule has 210 valence electrons. The molecule has 3 aromatic carbocycles. The fourth-order valence-electron chi connectivity index (χ4n) is 5.55. The van der Waals surface area contributed by atoms with Crippen molar-refractivity contribution in [2.75, 3.05) is 10.6 Å². The first-order chi connectivity index (χ1) is 21.2. The molecule has 3 aromatic heterocycles. The molecule has 6 aromatic rings. The molecule has 9 nitrogen and oxygen atoms in total. The molecule has 0 amide bonds. The minimum absolute atomic E-state index is 0.0322. The van der Waals surface area contributed by atoms with E-state index in [2.05, 4.69) is 68.2 Å². The molecule has 0 spiro atoms. The zero-order valence-corrected chi connectivity index (χ0v) is 24.2. The van der Waals surface area contributed by atoms with Crippen molar-refractivity contribution in [3.05, 3.63) is 107 Å². The van der Waals surface area contributed by atoms with Crippen LogP contribution in [0.4, 0.5) is 11.4 Å². The summed E-state index contributed by atoms with van der Waals surface area (Å²) < 4.78 is 3.00. The summed E-state index contributed by atoms with van der Waals surface area (Å²) in [5.74, 6) is 0. The fourth-order valence-corrected chi connectivity index (χ4v) is 6.38. The smallest absolute Gasteiger partial charge is 0.110 e. The summed E-state index contributed by atoms with van der Waals surface area (Å²) in [5.41, 5.74) is 8.43. The number of nitriles is 2. The summed E-state index contributed by atoms with van der Waals surface area (Å²) in [7, 11) is 0. The largest absolute Gasteiger partial charge is 0.377 e. The van der Waals surface area contributed by atoms with Gasteiger partial charge in [0.2, 0.25) is 0 Å². The third-order valence-electron chi connectivity index (χ3n) is 7.89. The summed E-state index contributed by atoms with van der Waals surface area (Å²) in [6.45, 7) is 2.10. The van der Waals surface area contributed by atoms with E-state index < -0.39 is 0 Å². The molecular weight excluding hydrogens is 554 g/mol. The Balaban J connectivity index is 1.36. The van der Waals surface area contributed by atoms with Gasteiger partial charge in [-0.15, -0.1) is 16.4 Å². The van der Waals surface area contributed by atoms with Gasteiger partial charge in [0.15, 0.2) is 0 Å². The normalized spacial score (nSPS) is 14.2. The summed E-state index contributed by atoms with van der Waals surface area (Å²) in [5, 5.41) is 37.3. The van der Waals surface area contributed by atoms with E-state index in [4.69, 9.17) is 0 Å². The third-order valence-corrected chi connectivity index (χ3v) is 8.79. The quantitative estimate of drug-likeness (QED) is 0.182. The Morgan fingerprint density at radius 3 is 2.60 bits per heavy atom. The van der Waals surface area contributed by atoms with Gasteiger partial charge in [0.05, 0.1) is 62.4 Å². The van der Waals surface area contributed by atoms with Gasteiger partial charge in [0.25, 0.3) is 0 Å². The number of nitrogens with one attached hydrogen (secondary N) is 2. The van der Waals surface area contributed by atoms with Crippen molar-refractivity contribution in [3.63, 3.8) is 0 Å². The first-order valence-corrected chi connectivity index (χ1v) is 15.1. The lowest BCUT2D eigenvalue weighted by Gasteiger charge is -2.22. The number of fused-ring (bicyclic) bond motifs is 2. The fraction of sp³-hybridized carbons (Fsp3) is 0.212. The molecule has 0 radical (unpaired) electrons.